The van der Waals surface area contributed by atoms with E-state index in [1.165, 1.54) is 7.11 Å². The van der Waals surface area contributed by atoms with Gasteiger partial charge in [0.2, 0.25) is 0 Å². The van der Waals surface area contributed by atoms with E-state index < -0.39 is 6.67 Å². The number of alkyl halides is 1. The number of ether oxygens (including phenoxy) is 1. The van der Waals surface area contributed by atoms with E-state index in [4.69, 9.17) is 9.84 Å². The lowest BCUT2D eigenvalue weighted by Crippen LogP contribution is -2.04. The van der Waals surface area contributed by atoms with Crippen LogP contribution < -0.4 is 4.74 Å². The second-order valence-electron chi connectivity index (χ2n) is 5.85. The van der Waals surface area contributed by atoms with Crippen molar-refractivity contribution < 1.29 is 9.13 Å². The number of benzene rings is 1. The second-order valence-corrected chi connectivity index (χ2v) is 6.64. The number of rotatable bonds is 5. The summed E-state index contributed by atoms with van der Waals surface area (Å²) in [6.07, 6.45) is 1.62. The zero-order valence-electron chi connectivity index (χ0n) is 14.2. The summed E-state index contributed by atoms with van der Waals surface area (Å²) in [5.74, 6) is 0.794. The smallest absolute Gasteiger partial charge is 0.318 e. The van der Waals surface area contributed by atoms with E-state index in [-0.39, 0.29) is 11.9 Å². The molecule has 130 valence electrons. The summed E-state index contributed by atoms with van der Waals surface area (Å²) in [5.41, 5.74) is 3.19. The summed E-state index contributed by atoms with van der Waals surface area (Å²) >= 11 is 3.67. The van der Waals surface area contributed by atoms with E-state index in [9.17, 15) is 4.39 Å². The highest BCUT2D eigenvalue weighted by atomic mass is 79.9. The van der Waals surface area contributed by atoms with E-state index in [1.807, 2.05) is 18.2 Å². The summed E-state index contributed by atoms with van der Waals surface area (Å²) in [5, 5.41) is 4.72. The van der Waals surface area contributed by atoms with Crippen LogP contribution in [0, 0.1) is 0 Å². The normalized spacial score (nSPS) is 11.1. The molecule has 0 spiro atoms. The Labute approximate surface area is 154 Å². The van der Waals surface area contributed by atoms with Gasteiger partial charge in [-0.15, -0.1) is 0 Å². The highest BCUT2D eigenvalue weighted by Gasteiger charge is 2.21. The van der Waals surface area contributed by atoms with Gasteiger partial charge in [0.15, 0.2) is 5.82 Å². The SMILES string of the molecule is COc1nccc(-n2nc(C(C)C)c(Br)c2-c2cccc(CF)c2)n1. The van der Waals surface area contributed by atoms with Crippen LogP contribution in [0.25, 0.3) is 17.1 Å². The summed E-state index contributed by atoms with van der Waals surface area (Å²) in [6.45, 7) is 3.62. The van der Waals surface area contributed by atoms with Gasteiger partial charge < -0.3 is 4.74 Å². The topological polar surface area (TPSA) is 52.8 Å². The third-order valence-electron chi connectivity index (χ3n) is 3.77. The summed E-state index contributed by atoms with van der Waals surface area (Å²) in [6, 6.07) is 9.37. The molecule has 0 unspecified atom stereocenters. The number of hydrogen-bond acceptors (Lipinski definition) is 4. The minimum Gasteiger partial charge on any atom is -0.467 e. The highest BCUT2D eigenvalue weighted by molar-refractivity contribution is 9.10. The van der Waals surface area contributed by atoms with Crippen molar-refractivity contribution in [3.05, 3.63) is 52.3 Å². The van der Waals surface area contributed by atoms with E-state index >= 15 is 0 Å². The van der Waals surface area contributed by atoms with Crippen LogP contribution in [0.3, 0.4) is 0 Å². The third kappa shape index (κ3) is 3.42. The first kappa shape index (κ1) is 17.5. The molecule has 25 heavy (non-hydrogen) atoms. The number of methoxy groups -OCH3 is 1. The first-order valence-electron chi connectivity index (χ1n) is 7.86. The van der Waals surface area contributed by atoms with Crippen molar-refractivity contribution in [2.45, 2.75) is 26.4 Å². The molecular formula is C18H18BrFN4O. The van der Waals surface area contributed by atoms with Crippen molar-refractivity contribution >= 4 is 15.9 Å². The first-order valence-corrected chi connectivity index (χ1v) is 8.65. The summed E-state index contributed by atoms with van der Waals surface area (Å²) in [4.78, 5) is 8.42. The predicted octanol–water partition coefficient (Wildman–Crippen LogP) is 4.69. The maximum atomic E-state index is 13.1. The van der Waals surface area contributed by atoms with Gasteiger partial charge in [-0.1, -0.05) is 32.0 Å². The fraction of sp³-hybridized carbons (Fsp3) is 0.278. The Hall–Kier alpha value is -2.28. The largest absolute Gasteiger partial charge is 0.467 e. The van der Waals surface area contributed by atoms with Crippen LogP contribution in [-0.4, -0.2) is 26.9 Å². The van der Waals surface area contributed by atoms with Crippen LogP contribution >= 0.6 is 15.9 Å². The third-order valence-corrected chi connectivity index (χ3v) is 4.55. The van der Waals surface area contributed by atoms with Crippen molar-refractivity contribution in [3.63, 3.8) is 0 Å². The van der Waals surface area contributed by atoms with Crippen LogP contribution in [0.15, 0.2) is 41.0 Å². The van der Waals surface area contributed by atoms with Gasteiger partial charge in [-0.2, -0.15) is 10.1 Å². The zero-order chi connectivity index (χ0) is 18.0. The standard InChI is InChI=1S/C18H18BrFN4O/c1-11(2)16-15(19)17(13-6-4-5-12(9-13)10-20)24(23-16)14-7-8-21-18(22-14)25-3/h4-9,11H,10H2,1-3H3. The summed E-state index contributed by atoms with van der Waals surface area (Å²) < 4.78 is 20.8. The van der Waals surface area contributed by atoms with Crippen molar-refractivity contribution in [3.8, 4) is 23.1 Å². The molecule has 2 aromatic heterocycles. The Balaban J connectivity index is 2.25. The molecule has 7 heteroatoms. The van der Waals surface area contributed by atoms with Crippen LogP contribution in [0.1, 0.15) is 31.0 Å². The van der Waals surface area contributed by atoms with Crippen LogP contribution in [0.4, 0.5) is 4.39 Å². The Morgan fingerprint density at radius 1 is 1.28 bits per heavy atom. The second kappa shape index (κ2) is 7.31. The van der Waals surface area contributed by atoms with Crippen LogP contribution in [0.5, 0.6) is 6.01 Å². The molecular weight excluding hydrogens is 387 g/mol. The molecule has 0 amide bonds. The van der Waals surface area contributed by atoms with E-state index in [0.717, 1.165) is 21.4 Å². The van der Waals surface area contributed by atoms with Gasteiger partial charge in [-0.05, 0) is 33.5 Å². The molecule has 0 N–H and O–H groups in total. The molecule has 0 fully saturated rings. The minimum atomic E-state index is -0.516. The molecule has 3 aromatic rings. The monoisotopic (exact) mass is 404 g/mol. The Kier molecular flexibility index (Phi) is 5.13. The van der Waals surface area contributed by atoms with Gasteiger partial charge >= 0.3 is 6.01 Å². The van der Waals surface area contributed by atoms with Crippen molar-refractivity contribution in [1.82, 2.24) is 19.7 Å². The van der Waals surface area contributed by atoms with Crippen molar-refractivity contribution in [2.24, 2.45) is 0 Å². The molecule has 2 heterocycles. The fourth-order valence-electron chi connectivity index (χ4n) is 2.55. The molecule has 0 saturated carbocycles. The molecule has 5 nitrogen and oxygen atoms in total. The summed E-state index contributed by atoms with van der Waals surface area (Å²) in [7, 11) is 1.52. The molecule has 0 radical (unpaired) electrons. The maximum Gasteiger partial charge on any atom is 0.318 e. The molecule has 0 aliphatic carbocycles. The lowest BCUT2D eigenvalue weighted by molar-refractivity contribution is 0.379. The number of nitrogens with zero attached hydrogens (tertiary/aromatic N) is 4. The fourth-order valence-corrected chi connectivity index (χ4v) is 3.48. The average Bonchev–Trinajstić information content (AvgIpc) is 2.99. The molecule has 0 aliphatic heterocycles. The van der Waals surface area contributed by atoms with Gasteiger partial charge in [-0.25, -0.2) is 14.1 Å². The molecule has 0 atom stereocenters. The Bertz CT molecular complexity index is 895. The van der Waals surface area contributed by atoms with Gasteiger partial charge in [0.1, 0.15) is 6.67 Å². The van der Waals surface area contributed by atoms with Gasteiger partial charge in [-0.3, -0.25) is 0 Å². The number of halogens is 2. The van der Waals surface area contributed by atoms with Crippen LogP contribution in [-0.2, 0) is 6.67 Å². The number of hydrogen-bond donors (Lipinski definition) is 0. The Morgan fingerprint density at radius 2 is 2.08 bits per heavy atom. The predicted molar refractivity (Wildman–Crippen MR) is 97.7 cm³/mol. The van der Waals surface area contributed by atoms with E-state index in [1.54, 1.807) is 23.0 Å². The molecule has 3 rings (SSSR count). The first-order chi connectivity index (χ1) is 12.0. The van der Waals surface area contributed by atoms with Gasteiger partial charge in [0, 0.05) is 17.8 Å². The minimum absolute atomic E-state index is 0.211. The van der Waals surface area contributed by atoms with Crippen molar-refractivity contribution in [1.29, 1.82) is 0 Å². The lowest BCUT2D eigenvalue weighted by Gasteiger charge is -2.09. The van der Waals surface area contributed by atoms with Gasteiger partial charge in [0.05, 0.1) is 23.0 Å². The average molecular weight is 405 g/mol. The molecule has 0 saturated heterocycles. The molecule has 0 bridgehead atoms. The van der Waals surface area contributed by atoms with Gasteiger partial charge in [0.25, 0.3) is 0 Å². The number of aromatic nitrogens is 4. The Morgan fingerprint density at radius 3 is 2.76 bits per heavy atom. The quantitative estimate of drug-likeness (QED) is 0.618. The lowest BCUT2D eigenvalue weighted by atomic mass is 10.1. The molecule has 0 aliphatic rings. The maximum absolute atomic E-state index is 13.1. The van der Waals surface area contributed by atoms with Crippen molar-refractivity contribution in [2.75, 3.05) is 7.11 Å². The zero-order valence-corrected chi connectivity index (χ0v) is 15.8. The molecule has 1 aromatic carbocycles. The van der Waals surface area contributed by atoms with E-state index in [0.29, 0.717) is 11.4 Å². The van der Waals surface area contributed by atoms with E-state index in [2.05, 4.69) is 39.7 Å². The highest BCUT2D eigenvalue weighted by Crippen LogP contribution is 2.36. The van der Waals surface area contributed by atoms with Crippen LogP contribution in [0.2, 0.25) is 0 Å².